The van der Waals surface area contributed by atoms with E-state index in [1.165, 1.54) is 6.08 Å². The van der Waals surface area contributed by atoms with Crippen molar-refractivity contribution < 1.29 is 8.42 Å². The number of benzene rings is 2. The molecule has 0 N–H and O–H groups in total. The Kier molecular flexibility index (Phi) is 2.79. The fraction of sp³-hybridized carbons (Fsp3) is 0.125. The molecule has 0 heterocycles. The maximum atomic E-state index is 12.3. The summed E-state index contributed by atoms with van der Waals surface area (Å²) in [6, 6.07) is 11.8. The molecule has 1 aliphatic rings. The normalized spacial score (nSPS) is 17.6. The standard InChI is InChI=1S/C16H14O2S/c1-2-11-19(17,18)15-10-9-13-6-3-5-12-7-4-8-14(15)16(12)13/h2-10,15H,1,11H2. The maximum absolute atomic E-state index is 12.3. The van der Waals surface area contributed by atoms with E-state index in [2.05, 4.69) is 6.58 Å². The van der Waals surface area contributed by atoms with Gasteiger partial charge in [-0.25, -0.2) is 8.42 Å². The smallest absolute Gasteiger partial charge is 0.164 e. The van der Waals surface area contributed by atoms with Crippen LogP contribution in [0.5, 0.6) is 0 Å². The van der Waals surface area contributed by atoms with Crippen molar-refractivity contribution in [2.24, 2.45) is 0 Å². The summed E-state index contributed by atoms with van der Waals surface area (Å²) in [6.07, 6.45) is 5.13. The van der Waals surface area contributed by atoms with E-state index in [9.17, 15) is 8.42 Å². The zero-order valence-electron chi connectivity index (χ0n) is 10.4. The Hall–Kier alpha value is -1.87. The maximum Gasteiger partial charge on any atom is 0.164 e. The Morgan fingerprint density at radius 2 is 1.89 bits per heavy atom. The Morgan fingerprint density at radius 3 is 2.63 bits per heavy atom. The lowest BCUT2D eigenvalue weighted by atomic mass is 9.93. The summed E-state index contributed by atoms with van der Waals surface area (Å²) in [7, 11) is -3.23. The topological polar surface area (TPSA) is 34.1 Å². The van der Waals surface area contributed by atoms with E-state index in [4.69, 9.17) is 0 Å². The van der Waals surface area contributed by atoms with E-state index in [1.807, 2.05) is 42.5 Å². The first-order chi connectivity index (χ1) is 9.13. The predicted molar refractivity (Wildman–Crippen MR) is 79.7 cm³/mol. The molecule has 0 radical (unpaired) electrons. The van der Waals surface area contributed by atoms with Gasteiger partial charge in [-0.15, -0.1) is 6.58 Å². The predicted octanol–water partition coefficient (Wildman–Crippen LogP) is 3.51. The molecule has 19 heavy (non-hydrogen) atoms. The third kappa shape index (κ3) is 1.90. The molecule has 0 saturated heterocycles. The molecule has 0 bridgehead atoms. The summed E-state index contributed by atoms with van der Waals surface area (Å²) in [4.78, 5) is 0. The monoisotopic (exact) mass is 270 g/mol. The van der Waals surface area contributed by atoms with Gasteiger partial charge in [0.2, 0.25) is 0 Å². The van der Waals surface area contributed by atoms with Gasteiger partial charge in [-0.1, -0.05) is 54.6 Å². The highest BCUT2D eigenvalue weighted by molar-refractivity contribution is 7.92. The van der Waals surface area contributed by atoms with Gasteiger partial charge < -0.3 is 0 Å². The van der Waals surface area contributed by atoms with E-state index >= 15 is 0 Å². The van der Waals surface area contributed by atoms with Gasteiger partial charge in [-0.2, -0.15) is 0 Å². The molecule has 2 aromatic carbocycles. The van der Waals surface area contributed by atoms with E-state index in [0.29, 0.717) is 0 Å². The average molecular weight is 270 g/mol. The summed E-state index contributed by atoms with van der Waals surface area (Å²) >= 11 is 0. The molecule has 3 rings (SSSR count). The average Bonchev–Trinajstić information content (AvgIpc) is 2.39. The Balaban J connectivity index is 2.28. The largest absolute Gasteiger partial charge is 0.228 e. The highest BCUT2D eigenvalue weighted by atomic mass is 32.2. The van der Waals surface area contributed by atoms with Gasteiger partial charge in [0.15, 0.2) is 9.84 Å². The van der Waals surface area contributed by atoms with Crippen molar-refractivity contribution in [2.45, 2.75) is 5.25 Å². The number of hydrogen-bond donors (Lipinski definition) is 0. The van der Waals surface area contributed by atoms with E-state index in [0.717, 1.165) is 21.9 Å². The molecule has 96 valence electrons. The number of rotatable bonds is 3. The third-order valence-corrected chi connectivity index (χ3v) is 5.35. The lowest BCUT2D eigenvalue weighted by molar-refractivity contribution is 0.593. The first kappa shape index (κ1) is 12.2. The van der Waals surface area contributed by atoms with E-state index in [-0.39, 0.29) is 5.75 Å². The first-order valence-corrected chi connectivity index (χ1v) is 7.87. The van der Waals surface area contributed by atoms with Gasteiger partial charge in [0.05, 0.1) is 5.75 Å². The quantitative estimate of drug-likeness (QED) is 0.800. The molecule has 1 aliphatic carbocycles. The highest BCUT2D eigenvalue weighted by Gasteiger charge is 2.27. The van der Waals surface area contributed by atoms with Crippen LogP contribution in [-0.4, -0.2) is 14.2 Å². The minimum Gasteiger partial charge on any atom is -0.228 e. The van der Waals surface area contributed by atoms with Gasteiger partial charge in [0.25, 0.3) is 0 Å². The molecule has 2 nitrogen and oxygen atoms in total. The fourth-order valence-electron chi connectivity index (χ4n) is 2.65. The first-order valence-electron chi connectivity index (χ1n) is 6.16. The van der Waals surface area contributed by atoms with Gasteiger partial charge in [-0.05, 0) is 21.9 Å². The zero-order valence-corrected chi connectivity index (χ0v) is 11.2. The van der Waals surface area contributed by atoms with Crippen molar-refractivity contribution >= 4 is 26.7 Å². The molecule has 2 aromatic rings. The third-order valence-electron chi connectivity index (χ3n) is 3.46. The Bertz CT molecular complexity index is 780. The molecular formula is C16H14O2S. The summed E-state index contributed by atoms with van der Waals surface area (Å²) in [5, 5.41) is 1.56. The van der Waals surface area contributed by atoms with Gasteiger partial charge in [0, 0.05) is 0 Å². The van der Waals surface area contributed by atoms with Crippen LogP contribution < -0.4 is 0 Å². The van der Waals surface area contributed by atoms with E-state index < -0.39 is 15.1 Å². The SMILES string of the molecule is C=CCS(=O)(=O)C1C=Cc2cccc3cccc1c23. The summed E-state index contributed by atoms with van der Waals surface area (Å²) in [5.74, 6) is 0.000557. The number of hydrogen-bond acceptors (Lipinski definition) is 2. The van der Waals surface area contributed by atoms with Crippen LogP contribution in [0.25, 0.3) is 16.8 Å². The summed E-state index contributed by atoms with van der Waals surface area (Å²) in [5.41, 5.74) is 1.95. The molecule has 1 atom stereocenters. The molecule has 0 aromatic heterocycles. The minimum atomic E-state index is -3.23. The van der Waals surface area contributed by atoms with Crippen LogP contribution in [0.2, 0.25) is 0 Å². The van der Waals surface area contributed by atoms with Crippen molar-refractivity contribution in [2.75, 3.05) is 5.75 Å². The minimum absolute atomic E-state index is 0.000557. The van der Waals surface area contributed by atoms with Gasteiger partial charge >= 0.3 is 0 Å². The lowest BCUT2D eigenvalue weighted by Gasteiger charge is -2.21. The highest BCUT2D eigenvalue weighted by Crippen LogP contribution is 2.37. The summed E-state index contributed by atoms with van der Waals surface area (Å²) < 4.78 is 24.6. The van der Waals surface area contributed by atoms with Crippen molar-refractivity contribution in [1.29, 1.82) is 0 Å². The molecule has 3 heteroatoms. The second-order valence-corrected chi connectivity index (χ2v) is 6.86. The molecule has 0 amide bonds. The van der Waals surface area contributed by atoms with Crippen LogP contribution in [0.4, 0.5) is 0 Å². The summed E-state index contributed by atoms with van der Waals surface area (Å²) in [6.45, 7) is 3.53. The fourth-order valence-corrected chi connectivity index (χ4v) is 4.09. The molecule has 0 fully saturated rings. The van der Waals surface area contributed by atoms with Gasteiger partial charge in [-0.3, -0.25) is 0 Å². The van der Waals surface area contributed by atoms with E-state index in [1.54, 1.807) is 6.08 Å². The molecule has 1 unspecified atom stereocenters. The lowest BCUT2D eigenvalue weighted by Crippen LogP contribution is -2.16. The van der Waals surface area contributed by atoms with Crippen LogP contribution in [0.1, 0.15) is 16.4 Å². The Labute approximate surface area is 113 Å². The van der Waals surface area contributed by atoms with Gasteiger partial charge in [0.1, 0.15) is 5.25 Å². The van der Waals surface area contributed by atoms with Crippen molar-refractivity contribution in [3.8, 4) is 0 Å². The van der Waals surface area contributed by atoms with Crippen LogP contribution in [-0.2, 0) is 9.84 Å². The van der Waals surface area contributed by atoms with Crippen molar-refractivity contribution in [3.63, 3.8) is 0 Å². The molecule has 0 spiro atoms. The molecular weight excluding hydrogens is 256 g/mol. The van der Waals surface area contributed by atoms with Crippen LogP contribution in [0.3, 0.4) is 0 Å². The molecule has 0 aliphatic heterocycles. The van der Waals surface area contributed by atoms with Crippen LogP contribution >= 0.6 is 0 Å². The molecule has 0 saturated carbocycles. The van der Waals surface area contributed by atoms with Crippen LogP contribution in [0, 0.1) is 0 Å². The second-order valence-electron chi connectivity index (χ2n) is 4.69. The van der Waals surface area contributed by atoms with Crippen LogP contribution in [0.15, 0.2) is 55.1 Å². The zero-order chi connectivity index (χ0) is 13.5. The Morgan fingerprint density at radius 1 is 1.16 bits per heavy atom. The van der Waals surface area contributed by atoms with Crippen molar-refractivity contribution in [3.05, 3.63) is 66.3 Å². The number of sulfone groups is 1. The second kappa shape index (κ2) is 4.35. The van der Waals surface area contributed by atoms with Crippen molar-refractivity contribution in [1.82, 2.24) is 0 Å².